The predicted molar refractivity (Wildman–Crippen MR) is 134 cm³/mol. The fraction of sp³-hybridized carbons (Fsp3) is 0.536. The minimum Gasteiger partial charge on any atom is -0.466 e. The van der Waals surface area contributed by atoms with Gasteiger partial charge in [0.15, 0.2) is 0 Å². The zero-order chi connectivity index (χ0) is 26.3. The van der Waals surface area contributed by atoms with E-state index in [2.05, 4.69) is 31.8 Å². The number of aliphatic hydroxyl groups is 1. The number of rotatable bonds is 5. The van der Waals surface area contributed by atoms with Crippen LogP contribution in [0.2, 0.25) is 0 Å². The number of esters is 2. The molecule has 0 radical (unpaired) electrons. The van der Waals surface area contributed by atoms with E-state index < -0.39 is 29.4 Å². The minimum absolute atomic E-state index is 0.0149. The number of nitrogens with zero attached hydrogens (tertiary/aromatic N) is 2. The van der Waals surface area contributed by atoms with E-state index in [1.165, 1.54) is 24.8 Å². The molecule has 2 bridgehead atoms. The summed E-state index contributed by atoms with van der Waals surface area (Å²) in [5.74, 6) is -2.07. The molecular formula is C28H36N2O6. The van der Waals surface area contributed by atoms with Gasteiger partial charge < -0.3 is 23.9 Å². The Kier molecular flexibility index (Phi) is 7.12. The molecule has 3 heterocycles. The molecule has 1 N–H and O–H groups in total. The van der Waals surface area contributed by atoms with E-state index in [1.54, 1.807) is 36.0 Å². The molecule has 0 unspecified atom stereocenters. The molecule has 8 nitrogen and oxygen atoms in total. The second-order valence-corrected chi connectivity index (χ2v) is 10.6. The third kappa shape index (κ3) is 4.84. The lowest BCUT2D eigenvalue weighted by Crippen LogP contribution is -2.47. The highest BCUT2D eigenvalue weighted by atomic mass is 16.7. The zero-order valence-electron chi connectivity index (χ0n) is 21.8. The van der Waals surface area contributed by atoms with Crippen molar-refractivity contribution in [2.24, 2.45) is 30.7 Å². The highest BCUT2D eigenvalue weighted by Gasteiger charge is 2.54. The van der Waals surface area contributed by atoms with E-state index in [4.69, 9.17) is 14.2 Å². The average Bonchev–Trinajstić information content (AvgIpc) is 3.39. The summed E-state index contributed by atoms with van der Waals surface area (Å²) in [6.07, 6.45) is 14.2. The Morgan fingerprint density at radius 3 is 2.72 bits per heavy atom. The second kappa shape index (κ2) is 9.82. The predicted octanol–water partition coefficient (Wildman–Crippen LogP) is 3.74. The van der Waals surface area contributed by atoms with Gasteiger partial charge >= 0.3 is 11.9 Å². The van der Waals surface area contributed by atoms with Gasteiger partial charge in [-0.05, 0) is 68.6 Å². The quantitative estimate of drug-likeness (QED) is 0.377. The lowest BCUT2D eigenvalue weighted by atomic mass is 9.65. The maximum atomic E-state index is 12.9. The number of hydrogen-bond acceptors (Lipinski definition) is 7. The minimum atomic E-state index is -1.99. The average molecular weight is 497 g/mol. The molecule has 1 aromatic heterocycles. The zero-order valence-corrected chi connectivity index (χ0v) is 21.8. The number of imidazole rings is 1. The normalized spacial score (nSPS) is 33.9. The van der Waals surface area contributed by atoms with E-state index >= 15 is 0 Å². The summed E-state index contributed by atoms with van der Waals surface area (Å²) >= 11 is 0. The maximum absolute atomic E-state index is 12.9. The highest BCUT2D eigenvalue weighted by Crippen LogP contribution is 2.49. The summed E-state index contributed by atoms with van der Waals surface area (Å²) in [4.78, 5) is 30.0. The maximum Gasteiger partial charge on any atom is 0.339 e. The van der Waals surface area contributed by atoms with Crippen molar-refractivity contribution >= 4 is 18.0 Å². The van der Waals surface area contributed by atoms with Crippen molar-refractivity contribution < 1.29 is 28.9 Å². The highest BCUT2D eigenvalue weighted by molar-refractivity contribution is 5.91. The third-order valence-electron chi connectivity index (χ3n) is 7.87. The number of ether oxygens (including phenoxy) is 3. The van der Waals surface area contributed by atoms with Gasteiger partial charge in [-0.25, -0.2) is 14.6 Å². The van der Waals surface area contributed by atoms with Gasteiger partial charge in [-0.15, -0.1) is 0 Å². The van der Waals surface area contributed by atoms with Crippen molar-refractivity contribution in [3.8, 4) is 0 Å². The van der Waals surface area contributed by atoms with E-state index in [-0.39, 0.29) is 23.3 Å². The van der Waals surface area contributed by atoms with Gasteiger partial charge in [0.2, 0.25) is 5.79 Å². The van der Waals surface area contributed by atoms with Gasteiger partial charge in [-0.1, -0.05) is 31.6 Å². The van der Waals surface area contributed by atoms with Crippen LogP contribution in [0.4, 0.5) is 0 Å². The summed E-state index contributed by atoms with van der Waals surface area (Å²) in [5.41, 5.74) is 0.0652. The van der Waals surface area contributed by atoms with Crippen molar-refractivity contribution in [3.05, 3.63) is 59.7 Å². The summed E-state index contributed by atoms with van der Waals surface area (Å²) in [7, 11) is 3.13. The molecule has 8 heteroatoms. The molecule has 36 heavy (non-hydrogen) atoms. The number of hydrogen-bond donors (Lipinski definition) is 1. The number of carbonyl (C=O) groups is 2. The molecule has 0 amide bonds. The van der Waals surface area contributed by atoms with Crippen LogP contribution in [0.1, 0.15) is 46.4 Å². The molecule has 0 fully saturated rings. The van der Waals surface area contributed by atoms with Crippen LogP contribution in [-0.2, 0) is 30.8 Å². The molecular weight excluding hydrogens is 460 g/mol. The Bertz CT molecular complexity index is 1140. The molecule has 0 spiro atoms. The first-order valence-corrected chi connectivity index (χ1v) is 12.4. The number of fused-ring (bicyclic) bond motifs is 3. The van der Waals surface area contributed by atoms with Gasteiger partial charge in [-0.3, -0.25) is 0 Å². The Labute approximate surface area is 212 Å². The largest absolute Gasteiger partial charge is 0.466 e. The Hall–Kier alpha value is -2.97. The fourth-order valence-electron chi connectivity index (χ4n) is 5.66. The molecule has 194 valence electrons. The van der Waals surface area contributed by atoms with Crippen molar-refractivity contribution in [3.63, 3.8) is 0 Å². The van der Waals surface area contributed by atoms with E-state index in [1.807, 2.05) is 13.1 Å². The number of methoxy groups -OCH3 is 1. The van der Waals surface area contributed by atoms with Crippen LogP contribution in [0.15, 0.2) is 53.9 Å². The first-order valence-electron chi connectivity index (χ1n) is 12.4. The van der Waals surface area contributed by atoms with Crippen LogP contribution in [0.5, 0.6) is 0 Å². The van der Waals surface area contributed by atoms with Crippen LogP contribution in [0, 0.1) is 23.7 Å². The first kappa shape index (κ1) is 26.1. The SMILES string of the molecule is COC(=O)C1=C[C@H]2[C@@H](C(C)C)CC=C(C)[C@@H]2C[C@H](OC(=O)C=Cc2nccn2C)[C@]2(C)C=C[C@@]1(O)O2. The summed E-state index contributed by atoms with van der Waals surface area (Å²) < 4.78 is 19.0. The number of aryl methyl sites for hydroxylation is 1. The van der Waals surface area contributed by atoms with Crippen molar-refractivity contribution in [1.29, 1.82) is 0 Å². The molecule has 1 aliphatic carbocycles. The van der Waals surface area contributed by atoms with Crippen LogP contribution in [-0.4, -0.2) is 51.2 Å². The van der Waals surface area contributed by atoms with Crippen LogP contribution in [0.25, 0.3) is 6.08 Å². The lowest BCUT2D eigenvalue weighted by Gasteiger charge is -2.41. The number of allylic oxidation sites excluding steroid dienone is 3. The van der Waals surface area contributed by atoms with E-state index in [9.17, 15) is 14.7 Å². The van der Waals surface area contributed by atoms with E-state index in [0.29, 0.717) is 18.2 Å². The Morgan fingerprint density at radius 1 is 1.33 bits per heavy atom. The van der Waals surface area contributed by atoms with E-state index in [0.717, 1.165) is 6.42 Å². The molecule has 2 aliphatic heterocycles. The molecule has 0 aromatic carbocycles. The number of aromatic nitrogens is 2. The van der Waals surface area contributed by atoms with Gasteiger partial charge in [0, 0.05) is 25.5 Å². The molecule has 6 atom stereocenters. The van der Waals surface area contributed by atoms with Gasteiger partial charge in [0.05, 0.1) is 12.7 Å². The molecule has 4 rings (SSSR count). The van der Waals surface area contributed by atoms with Gasteiger partial charge in [0.1, 0.15) is 17.5 Å². The second-order valence-electron chi connectivity index (χ2n) is 10.6. The lowest BCUT2D eigenvalue weighted by molar-refractivity contribution is -0.216. The number of carbonyl (C=O) groups excluding carboxylic acids is 2. The summed E-state index contributed by atoms with van der Waals surface area (Å²) in [6.45, 7) is 8.16. The van der Waals surface area contributed by atoms with Gasteiger partial charge in [0.25, 0.3) is 0 Å². The van der Waals surface area contributed by atoms with Crippen molar-refractivity contribution in [2.75, 3.05) is 7.11 Å². The van der Waals surface area contributed by atoms with Crippen molar-refractivity contribution in [1.82, 2.24) is 9.55 Å². The standard InChI is InChI=1S/C28H36N2O6/c1-17(2)19-8-7-18(3)20-16-23(35-25(31)10-9-24-29-13-14-30(24)5)27(4)11-12-28(33,36-27)22(15-21(19)20)26(32)34-6/h7,9-15,17,19-21,23,33H,8,16H2,1-6H3/t19-,20+,21+,23+,27+,28-/m1/s1. The Morgan fingerprint density at radius 2 is 2.08 bits per heavy atom. The van der Waals surface area contributed by atoms with Crippen LogP contribution >= 0.6 is 0 Å². The molecule has 0 saturated carbocycles. The molecule has 1 aromatic rings. The Balaban J connectivity index is 1.74. The molecule has 0 saturated heterocycles. The first-order chi connectivity index (χ1) is 17.0. The van der Waals surface area contributed by atoms with Crippen LogP contribution < -0.4 is 0 Å². The smallest absolute Gasteiger partial charge is 0.339 e. The van der Waals surface area contributed by atoms with Gasteiger partial charge in [-0.2, -0.15) is 0 Å². The summed E-state index contributed by atoms with van der Waals surface area (Å²) in [6, 6.07) is 0. The third-order valence-corrected chi connectivity index (χ3v) is 7.87. The summed E-state index contributed by atoms with van der Waals surface area (Å²) in [5, 5.41) is 11.5. The fourth-order valence-corrected chi connectivity index (χ4v) is 5.66. The van der Waals surface area contributed by atoms with Crippen molar-refractivity contribution in [2.45, 2.75) is 58.0 Å². The van der Waals surface area contributed by atoms with Crippen LogP contribution in [0.3, 0.4) is 0 Å². The topological polar surface area (TPSA) is 99.9 Å². The monoisotopic (exact) mass is 496 g/mol. The molecule has 3 aliphatic rings.